The topological polar surface area (TPSA) is 117 Å². The number of alkyl halides is 3. The van der Waals surface area contributed by atoms with Gasteiger partial charge in [-0.3, -0.25) is 25.8 Å². The van der Waals surface area contributed by atoms with Crippen molar-refractivity contribution in [1.29, 1.82) is 5.26 Å². The molecule has 0 aliphatic carbocycles. The van der Waals surface area contributed by atoms with Gasteiger partial charge in [0.05, 0.1) is 16.1 Å². The SMILES string of the molecule is CC(C)C(Oc1ccccc1C#N)C(=O)NNc1ccc(C(F)(F)F)cc1[N+](=O)[O-]. The molecule has 0 aromatic heterocycles. The van der Waals surface area contributed by atoms with Gasteiger partial charge < -0.3 is 4.74 Å². The van der Waals surface area contributed by atoms with E-state index < -0.39 is 34.4 Å². The number of nitro groups is 1. The summed E-state index contributed by atoms with van der Waals surface area (Å²) in [6.45, 7) is 3.36. The molecule has 0 spiro atoms. The number of nitro benzene ring substituents is 1. The van der Waals surface area contributed by atoms with Crippen molar-refractivity contribution in [1.82, 2.24) is 5.43 Å². The maximum Gasteiger partial charge on any atom is 0.416 e. The first kappa shape index (κ1) is 22.5. The van der Waals surface area contributed by atoms with E-state index in [1.165, 1.54) is 12.1 Å². The van der Waals surface area contributed by atoms with E-state index in [1.54, 1.807) is 26.0 Å². The van der Waals surface area contributed by atoms with E-state index in [2.05, 4.69) is 10.9 Å². The van der Waals surface area contributed by atoms with Crippen LogP contribution in [-0.4, -0.2) is 16.9 Å². The highest BCUT2D eigenvalue weighted by atomic mass is 19.4. The van der Waals surface area contributed by atoms with Gasteiger partial charge in [0.25, 0.3) is 11.6 Å². The van der Waals surface area contributed by atoms with E-state index in [9.17, 15) is 28.1 Å². The van der Waals surface area contributed by atoms with Gasteiger partial charge in [-0.2, -0.15) is 18.4 Å². The summed E-state index contributed by atoms with van der Waals surface area (Å²) in [5.41, 5.74) is 2.31. The zero-order chi connectivity index (χ0) is 22.5. The number of halogens is 3. The lowest BCUT2D eigenvalue weighted by molar-refractivity contribution is -0.384. The minimum Gasteiger partial charge on any atom is -0.479 e. The lowest BCUT2D eigenvalue weighted by Crippen LogP contribution is -2.44. The number of benzene rings is 2. The number of carbonyl (C=O) groups excluding carboxylic acids is 1. The molecule has 0 heterocycles. The van der Waals surface area contributed by atoms with E-state index in [0.29, 0.717) is 12.1 Å². The van der Waals surface area contributed by atoms with Crippen molar-refractivity contribution in [3.8, 4) is 11.8 Å². The van der Waals surface area contributed by atoms with Gasteiger partial charge in [-0.15, -0.1) is 0 Å². The van der Waals surface area contributed by atoms with Crippen molar-refractivity contribution in [2.45, 2.75) is 26.1 Å². The summed E-state index contributed by atoms with van der Waals surface area (Å²) in [5, 5.41) is 20.3. The number of nitriles is 1. The summed E-state index contributed by atoms with van der Waals surface area (Å²) in [4.78, 5) is 22.7. The Bertz CT molecular complexity index is 986. The maximum absolute atomic E-state index is 12.8. The number of ether oxygens (including phenoxy) is 1. The van der Waals surface area contributed by atoms with Crippen LogP contribution >= 0.6 is 0 Å². The summed E-state index contributed by atoms with van der Waals surface area (Å²) in [6, 6.07) is 10.1. The molecule has 0 saturated carbocycles. The van der Waals surface area contributed by atoms with E-state index >= 15 is 0 Å². The molecule has 1 unspecified atom stereocenters. The van der Waals surface area contributed by atoms with Crippen molar-refractivity contribution in [3.63, 3.8) is 0 Å². The van der Waals surface area contributed by atoms with Crippen molar-refractivity contribution in [2.24, 2.45) is 5.92 Å². The van der Waals surface area contributed by atoms with Crippen LogP contribution in [0.2, 0.25) is 0 Å². The van der Waals surface area contributed by atoms with Crippen LogP contribution in [0, 0.1) is 27.4 Å². The number of amides is 1. The summed E-state index contributed by atoms with van der Waals surface area (Å²) in [6.07, 6.45) is -5.84. The zero-order valence-electron chi connectivity index (χ0n) is 15.9. The molecule has 2 aromatic rings. The van der Waals surface area contributed by atoms with Gasteiger partial charge in [-0.05, 0) is 30.2 Å². The van der Waals surface area contributed by atoms with Gasteiger partial charge in [0.1, 0.15) is 17.5 Å². The first-order valence-electron chi connectivity index (χ1n) is 8.62. The Hall–Kier alpha value is -3.81. The maximum atomic E-state index is 12.8. The minimum atomic E-state index is -4.75. The third kappa shape index (κ3) is 5.38. The number of hydrogen-bond donors (Lipinski definition) is 2. The molecule has 8 nitrogen and oxygen atoms in total. The van der Waals surface area contributed by atoms with Gasteiger partial charge in [0.2, 0.25) is 0 Å². The quantitative estimate of drug-likeness (QED) is 0.514. The highest BCUT2D eigenvalue weighted by Gasteiger charge is 2.33. The van der Waals surface area contributed by atoms with Crippen LogP contribution in [0.1, 0.15) is 25.0 Å². The first-order valence-corrected chi connectivity index (χ1v) is 8.62. The monoisotopic (exact) mass is 422 g/mol. The predicted octanol–water partition coefficient (Wildman–Crippen LogP) is 4.03. The van der Waals surface area contributed by atoms with Crippen LogP contribution in [0.5, 0.6) is 5.75 Å². The smallest absolute Gasteiger partial charge is 0.416 e. The van der Waals surface area contributed by atoms with E-state index in [-0.39, 0.29) is 22.9 Å². The van der Waals surface area contributed by atoms with E-state index in [1.807, 2.05) is 6.07 Å². The lowest BCUT2D eigenvalue weighted by Gasteiger charge is -2.22. The Kier molecular flexibility index (Phi) is 6.84. The number of hydrazine groups is 1. The van der Waals surface area contributed by atoms with Crippen LogP contribution in [0.25, 0.3) is 0 Å². The van der Waals surface area contributed by atoms with Crippen LogP contribution in [0.4, 0.5) is 24.5 Å². The zero-order valence-corrected chi connectivity index (χ0v) is 15.9. The molecule has 11 heteroatoms. The molecule has 2 rings (SSSR count). The van der Waals surface area contributed by atoms with Crippen LogP contribution < -0.4 is 15.6 Å². The Morgan fingerprint density at radius 1 is 1.23 bits per heavy atom. The molecule has 2 aromatic carbocycles. The highest BCUT2D eigenvalue weighted by molar-refractivity contribution is 5.83. The van der Waals surface area contributed by atoms with Gasteiger partial charge in [0.15, 0.2) is 6.10 Å². The largest absolute Gasteiger partial charge is 0.479 e. The average Bonchev–Trinajstić information content (AvgIpc) is 2.69. The molecular weight excluding hydrogens is 405 g/mol. The number of carbonyl (C=O) groups is 1. The Morgan fingerprint density at radius 3 is 2.47 bits per heavy atom. The standard InChI is InChI=1S/C19H17F3N4O4/c1-11(2)17(30-16-6-4-3-5-12(16)10-23)18(27)25-24-14-8-7-13(19(20,21)22)9-15(14)26(28)29/h3-9,11,17,24H,1-2H3,(H,25,27). The summed E-state index contributed by atoms with van der Waals surface area (Å²) in [7, 11) is 0. The summed E-state index contributed by atoms with van der Waals surface area (Å²) < 4.78 is 44.0. The molecule has 0 saturated heterocycles. The van der Waals surface area contributed by atoms with Crippen LogP contribution in [0.15, 0.2) is 42.5 Å². The molecular formula is C19H17F3N4O4. The van der Waals surface area contributed by atoms with Gasteiger partial charge >= 0.3 is 6.18 Å². The second-order valence-electron chi connectivity index (χ2n) is 6.49. The van der Waals surface area contributed by atoms with Gasteiger partial charge in [-0.25, -0.2) is 0 Å². The molecule has 0 fully saturated rings. The van der Waals surface area contributed by atoms with E-state index in [4.69, 9.17) is 10.00 Å². The Balaban J connectivity index is 2.20. The number of anilines is 1. The second-order valence-corrected chi connectivity index (χ2v) is 6.49. The van der Waals surface area contributed by atoms with Gasteiger partial charge in [-0.1, -0.05) is 26.0 Å². The molecule has 0 aliphatic heterocycles. The fourth-order valence-electron chi connectivity index (χ4n) is 2.46. The molecule has 0 aliphatic rings. The summed E-state index contributed by atoms with van der Waals surface area (Å²) >= 11 is 0. The van der Waals surface area contributed by atoms with E-state index in [0.717, 1.165) is 6.07 Å². The molecule has 158 valence electrons. The molecule has 0 radical (unpaired) electrons. The molecule has 1 atom stereocenters. The molecule has 2 N–H and O–H groups in total. The molecule has 0 bridgehead atoms. The van der Waals surface area contributed by atoms with Crippen molar-refractivity contribution in [2.75, 3.05) is 5.43 Å². The Labute approximate surface area is 169 Å². The number of nitrogens with one attached hydrogen (secondary N) is 2. The average molecular weight is 422 g/mol. The first-order chi connectivity index (χ1) is 14.0. The van der Waals surface area contributed by atoms with Crippen molar-refractivity contribution < 1.29 is 27.6 Å². The minimum absolute atomic E-state index is 0.175. The summed E-state index contributed by atoms with van der Waals surface area (Å²) in [5.74, 6) is -0.914. The molecule has 30 heavy (non-hydrogen) atoms. The van der Waals surface area contributed by atoms with Crippen molar-refractivity contribution in [3.05, 3.63) is 63.7 Å². The van der Waals surface area contributed by atoms with Crippen LogP contribution in [-0.2, 0) is 11.0 Å². The third-order valence-corrected chi connectivity index (χ3v) is 3.97. The van der Waals surface area contributed by atoms with Crippen molar-refractivity contribution >= 4 is 17.3 Å². The highest BCUT2D eigenvalue weighted by Crippen LogP contribution is 2.34. The van der Waals surface area contributed by atoms with Crippen LogP contribution in [0.3, 0.4) is 0 Å². The number of hydrogen-bond acceptors (Lipinski definition) is 6. The third-order valence-electron chi connectivity index (χ3n) is 3.97. The second kappa shape index (κ2) is 9.13. The number of para-hydroxylation sites is 1. The fraction of sp³-hybridized carbons (Fsp3) is 0.263. The lowest BCUT2D eigenvalue weighted by atomic mass is 10.1. The fourth-order valence-corrected chi connectivity index (χ4v) is 2.46. The van der Waals surface area contributed by atoms with Gasteiger partial charge in [0, 0.05) is 6.07 Å². The predicted molar refractivity (Wildman–Crippen MR) is 100 cm³/mol. The number of nitrogens with zero attached hydrogens (tertiary/aromatic N) is 2. The Morgan fingerprint density at radius 2 is 1.90 bits per heavy atom. The number of rotatable bonds is 7. The normalized spacial score (nSPS) is 12.0. The molecule has 1 amide bonds.